The van der Waals surface area contributed by atoms with Crippen molar-refractivity contribution in [3.63, 3.8) is 0 Å². The molecule has 1 saturated heterocycles. The van der Waals surface area contributed by atoms with Crippen molar-refractivity contribution in [1.82, 2.24) is 25.1 Å². The highest BCUT2D eigenvalue weighted by molar-refractivity contribution is 5.58. The fraction of sp³-hybridized carbons (Fsp3) is 0.345. The molecule has 1 aromatic heterocycles. The molecule has 1 aliphatic heterocycles. The minimum Gasteiger partial charge on any atom is -0.495 e. The Morgan fingerprint density at radius 1 is 0.811 bits per heavy atom. The van der Waals surface area contributed by atoms with E-state index in [1.165, 1.54) is 5.69 Å². The Kier molecular flexibility index (Phi) is 8.28. The Morgan fingerprint density at radius 2 is 1.57 bits per heavy atom. The number of anilines is 1. The van der Waals surface area contributed by atoms with Crippen LogP contribution in [0.15, 0.2) is 78.9 Å². The second-order valence-corrected chi connectivity index (χ2v) is 9.23. The van der Waals surface area contributed by atoms with Crippen molar-refractivity contribution < 1.29 is 9.47 Å². The summed E-state index contributed by atoms with van der Waals surface area (Å²) in [5, 5.41) is 12.2. The van der Waals surface area contributed by atoms with Gasteiger partial charge in [-0.1, -0.05) is 54.6 Å². The maximum atomic E-state index is 5.99. The van der Waals surface area contributed by atoms with Crippen LogP contribution in [0.1, 0.15) is 18.4 Å². The molecule has 2 heterocycles. The van der Waals surface area contributed by atoms with Crippen molar-refractivity contribution in [2.45, 2.75) is 19.4 Å². The molecule has 0 N–H and O–H groups in total. The van der Waals surface area contributed by atoms with E-state index in [9.17, 15) is 0 Å². The van der Waals surface area contributed by atoms with Crippen LogP contribution in [0.3, 0.4) is 0 Å². The first-order chi connectivity index (χ1) is 18.3. The topological polar surface area (TPSA) is 68.5 Å². The number of piperazine rings is 1. The number of rotatable bonds is 11. The quantitative estimate of drug-likeness (QED) is 0.284. The lowest BCUT2D eigenvalue weighted by Crippen LogP contribution is -2.46. The molecule has 8 nitrogen and oxygen atoms in total. The third-order valence-corrected chi connectivity index (χ3v) is 6.76. The Labute approximate surface area is 218 Å². The summed E-state index contributed by atoms with van der Waals surface area (Å²) in [6.07, 6.45) is 2.17. The van der Waals surface area contributed by atoms with Crippen molar-refractivity contribution in [1.29, 1.82) is 0 Å². The number of hydrogen-bond donors (Lipinski definition) is 0. The fourth-order valence-corrected chi connectivity index (χ4v) is 4.70. The van der Waals surface area contributed by atoms with Crippen molar-refractivity contribution in [3.8, 4) is 22.9 Å². The molecule has 1 fully saturated rings. The molecule has 0 radical (unpaired) electrons. The molecule has 3 aromatic carbocycles. The van der Waals surface area contributed by atoms with Crippen LogP contribution in [0.5, 0.6) is 11.5 Å². The van der Waals surface area contributed by atoms with Crippen molar-refractivity contribution >= 4 is 5.69 Å². The normalized spacial score (nSPS) is 14.0. The number of para-hydroxylation sites is 2. The van der Waals surface area contributed by atoms with Crippen molar-refractivity contribution in [2.75, 3.05) is 51.3 Å². The minimum atomic E-state index is 0.613. The summed E-state index contributed by atoms with van der Waals surface area (Å²) in [4.78, 5) is 4.97. The van der Waals surface area contributed by atoms with Crippen LogP contribution in [-0.4, -0.2) is 71.5 Å². The molecule has 8 heteroatoms. The predicted octanol–water partition coefficient (Wildman–Crippen LogP) is 4.38. The van der Waals surface area contributed by atoms with E-state index >= 15 is 0 Å². The SMILES string of the molecule is COc1ccccc1N1CCN(CCCCOc2ccc(Cn3nnnc3-c3ccccc3)cc2)CC1. The number of methoxy groups -OCH3 is 1. The monoisotopic (exact) mass is 498 g/mol. The Balaban J connectivity index is 1.01. The maximum Gasteiger partial charge on any atom is 0.182 e. The number of nitrogens with zero attached hydrogens (tertiary/aromatic N) is 6. The van der Waals surface area contributed by atoms with E-state index in [4.69, 9.17) is 9.47 Å². The molecular weight excluding hydrogens is 464 g/mol. The first-order valence-corrected chi connectivity index (χ1v) is 12.9. The van der Waals surface area contributed by atoms with E-state index in [1.807, 2.05) is 59.3 Å². The van der Waals surface area contributed by atoms with Crippen LogP contribution < -0.4 is 14.4 Å². The zero-order valence-electron chi connectivity index (χ0n) is 21.4. The van der Waals surface area contributed by atoms with Crippen LogP contribution in [0.2, 0.25) is 0 Å². The molecular formula is C29H34N6O2. The van der Waals surface area contributed by atoms with Crippen LogP contribution in [0.25, 0.3) is 11.4 Å². The summed E-state index contributed by atoms with van der Waals surface area (Å²) in [5.41, 5.74) is 3.33. The predicted molar refractivity (Wildman–Crippen MR) is 145 cm³/mol. The van der Waals surface area contributed by atoms with Crippen LogP contribution in [0.4, 0.5) is 5.69 Å². The molecule has 4 aromatic rings. The van der Waals surface area contributed by atoms with E-state index in [1.54, 1.807) is 7.11 Å². The first-order valence-electron chi connectivity index (χ1n) is 12.9. The van der Waals surface area contributed by atoms with Crippen molar-refractivity contribution in [2.24, 2.45) is 0 Å². The standard InChI is InChI=1S/C29H34N6O2/c1-36-28-12-6-5-11-27(28)34-20-18-33(19-21-34)17-7-8-22-37-26-15-13-24(14-16-26)23-35-29(30-31-32-35)25-9-3-2-4-10-25/h2-6,9-16H,7-8,17-23H2,1H3. The Hall–Kier alpha value is -3.91. The second kappa shape index (κ2) is 12.4. The lowest BCUT2D eigenvalue weighted by Gasteiger charge is -2.36. The number of hydrogen-bond acceptors (Lipinski definition) is 7. The average molecular weight is 499 g/mol. The Bertz CT molecular complexity index is 1240. The number of aromatic nitrogens is 4. The van der Waals surface area contributed by atoms with Crippen molar-refractivity contribution in [3.05, 3.63) is 84.4 Å². The summed E-state index contributed by atoms with van der Waals surface area (Å²) < 4.78 is 13.3. The molecule has 0 spiro atoms. The van der Waals surface area contributed by atoms with Gasteiger partial charge in [-0.2, -0.15) is 0 Å². The van der Waals surface area contributed by atoms with Gasteiger partial charge in [0.05, 0.1) is 25.9 Å². The number of tetrazole rings is 1. The molecule has 37 heavy (non-hydrogen) atoms. The highest BCUT2D eigenvalue weighted by Crippen LogP contribution is 2.28. The van der Waals surface area contributed by atoms with Crippen LogP contribution in [0, 0.1) is 0 Å². The van der Waals surface area contributed by atoms with Gasteiger partial charge in [0.25, 0.3) is 0 Å². The molecule has 0 bridgehead atoms. The average Bonchev–Trinajstić information content (AvgIpc) is 3.42. The smallest absolute Gasteiger partial charge is 0.182 e. The van der Waals surface area contributed by atoms with Gasteiger partial charge < -0.3 is 14.4 Å². The van der Waals surface area contributed by atoms with Gasteiger partial charge in [0, 0.05) is 31.7 Å². The Morgan fingerprint density at radius 3 is 2.35 bits per heavy atom. The van der Waals surface area contributed by atoms with E-state index in [0.717, 1.165) is 80.6 Å². The summed E-state index contributed by atoms with van der Waals surface area (Å²) in [6.45, 7) is 6.66. The van der Waals surface area contributed by atoms with Gasteiger partial charge in [-0.25, -0.2) is 4.68 Å². The third-order valence-electron chi connectivity index (χ3n) is 6.76. The lowest BCUT2D eigenvalue weighted by atomic mass is 10.2. The van der Waals surface area contributed by atoms with Crippen LogP contribution >= 0.6 is 0 Å². The van der Waals surface area contributed by atoms with Crippen LogP contribution in [-0.2, 0) is 6.54 Å². The fourth-order valence-electron chi connectivity index (χ4n) is 4.70. The molecule has 0 atom stereocenters. The molecule has 0 amide bonds. The zero-order chi connectivity index (χ0) is 25.3. The molecule has 192 valence electrons. The molecule has 0 saturated carbocycles. The van der Waals surface area contributed by atoms with Gasteiger partial charge >= 0.3 is 0 Å². The number of unbranched alkanes of at least 4 members (excludes halogenated alkanes) is 1. The van der Waals surface area contributed by atoms with Gasteiger partial charge in [0.15, 0.2) is 5.82 Å². The highest BCUT2D eigenvalue weighted by Gasteiger charge is 2.19. The van der Waals surface area contributed by atoms with E-state index < -0.39 is 0 Å². The van der Waals surface area contributed by atoms with E-state index in [-0.39, 0.29) is 0 Å². The van der Waals surface area contributed by atoms with Gasteiger partial charge in [-0.15, -0.1) is 5.10 Å². The largest absolute Gasteiger partial charge is 0.495 e. The first kappa shape index (κ1) is 24.8. The molecule has 0 aliphatic carbocycles. The van der Waals surface area contributed by atoms with E-state index in [0.29, 0.717) is 6.54 Å². The zero-order valence-corrected chi connectivity index (χ0v) is 21.4. The van der Waals surface area contributed by atoms with Gasteiger partial charge in [-0.05, 0) is 59.6 Å². The lowest BCUT2D eigenvalue weighted by molar-refractivity contribution is 0.238. The van der Waals surface area contributed by atoms with Gasteiger partial charge in [0.2, 0.25) is 0 Å². The van der Waals surface area contributed by atoms with Gasteiger partial charge in [-0.3, -0.25) is 4.90 Å². The number of ether oxygens (including phenoxy) is 2. The summed E-state index contributed by atoms with van der Waals surface area (Å²) in [7, 11) is 1.74. The second-order valence-electron chi connectivity index (χ2n) is 9.23. The van der Waals surface area contributed by atoms with E-state index in [2.05, 4.69) is 49.6 Å². The number of benzene rings is 3. The maximum absolute atomic E-state index is 5.99. The molecule has 1 aliphatic rings. The third kappa shape index (κ3) is 6.46. The molecule has 0 unspecified atom stereocenters. The highest BCUT2D eigenvalue weighted by atomic mass is 16.5. The summed E-state index contributed by atoms with van der Waals surface area (Å²) >= 11 is 0. The minimum absolute atomic E-state index is 0.613. The molecule has 5 rings (SSSR count). The summed E-state index contributed by atoms with van der Waals surface area (Å²) in [6, 6.07) is 26.5. The summed E-state index contributed by atoms with van der Waals surface area (Å²) in [5.74, 6) is 2.62. The van der Waals surface area contributed by atoms with Gasteiger partial charge in [0.1, 0.15) is 11.5 Å².